The van der Waals surface area contributed by atoms with E-state index < -0.39 is 23.6 Å². The Morgan fingerprint density at radius 1 is 1.29 bits per heavy atom. The van der Waals surface area contributed by atoms with E-state index in [0.29, 0.717) is 11.3 Å². The fourth-order valence-electron chi connectivity index (χ4n) is 2.97. The Hall–Kier alpha value is -2.73. The molecule has 2 aromatic carbocycles. The van der Waals surface area contributed by atoms with Crippen LogP contribution in [0.5, 0.6) is 5.75 Å². The number of methoxy groups -OCH3 is 1. The second kappa shape index (κ2) is 6.41. The largest absolute Gasteiger partial charge is 0.497 e. The van der Waals surface area contributed by atoms with Crippen LogP contribution in [0.1, 0.15) is 21.5 Å². The van der Waals surface area contributed by atoms with Crippen molar-refractivity contribution in [2.24, 2.45) is 0 Å². The molecule has 1 atom stereocenters. The first-order chi connectivity index (χ1) is 11.5. The molecule has 0 saturated carbocycles. The summed E-state index contributed by atoms with van der Waals surface area (Å²) >= 11 is 0. The van der Waals surface area contributed by atoms with Gasteiger partial charge in [-0.2, -0.15) is 0 Å². The Labute approximate surface area is 138 Å². The van der Waals surface area contributed by atoms with Crippen LogP contribution in [0.15, 0.2) is 42.5 Å². The van der Waals surface area contributed by atoms with Gasteiger partial charge in [-0.25, -0.2) is 4.39 Å². The third-order valence-electron chi connectivity index (χ3n) is 4.11. The molecule has 3 rings (SSSR count). The van der Waals surface area contributed by atoms with Gasteiger partial charge in [-0.05, 0) is 29.3 Å². The predicted molar refractivity (Wildman–Crippen MR) is 84.4 cm³/mol. The number of nitrogens with zero attached hydrogens (tertiary/aromatic N) is 1. The maximum atomic E-state index is 13.9. The Bertz CT molecular complexity index is 788. The summed E-state index contributed by atoms with van der Waals surface area (Å²) in [4.78, 5) is 25.6. The summed E-state index contributed by atoms with van der Waals surface area (Å²) in [5.74, 6) is -1.97. The molecule has 1 heterocycles. The standard InChI is InChI=1S/C18H16FNO4/c1-24-13-7-5-11(6-8-13)9-20-10-12-3-2-4-14(19)15(12)17(21)16(20)18(22)23/h2-8,16H,9-10H2,1H3,(H,22,23). The zero-order valence-corrected chi connectivity index (χ0v) is 13.0. The van der Waals surface area contributed by atoms with E-state index in [9.17, 15) is 19.1 Å². The van der Waals surface area contributed by atoms with E-state index in [-0.39, 0.29) is 18.7 Å². The first-order valence-corrected chi connectivity index (χ1v) is 7.42. The zero-order chi connectivity index (χ0) is 17.3. The molecule has 0 fully saturated rings. The molecular weight excluding hydrogens is 313 g/mol. The molecule has 0 radical (unpaired) electrons. The molecule has 2 aromatic rings. The Morgan fingerprint density at radius 2 is 2.00 bits per heavy atom. The minimum atomic E-state index is -1.39. The van der Waals surface area contributed by atoms with Gasteiger partial charge < -0.3 is 9.84 Å². The zero-order valence-electron chi connectivity index (χ0n) is 13.0. The van der Waals surface area contributed by atoms with Crippen LogP contribution < -0.4 is 4.74 Å². The van der Waals surface area contributed by atoms with E-state index in [0.717, 1.165) is 5.56 Å². The quantitative estimate of drug-likeness (QED) is 0.873. The van der Waals surface area contributed by atoms with Gasteiger partial charge in [0.2, 0.25) is 0 Å². The highest BCUT2D eigenvalue weighted by molar-refractivity contribution is 6.13. The predicted octanol–water partition coefficient (Wildman–Crippen LogP) is 2.49. The monoisotopic (exact) mass is 329 g/mol. The van der Waals surface area contributed by atoms with Crippen molar-refractivity contribution in [1.29, 1.82) is 0 Å². The average molecular weight is 329 g/mol. The summed E-state index contributed by atoms with van der Waals surface area (Å²) in [5, 5.41) is 9.45. The molecule has 5 nitrogen and oxygen atoms in total. The van der Waals surface area contributed by atoms with Gasteiger partial charge in [-0.1, -0.05) is 24.3 Å². The number of carboxylic acids is 1. The number of Topliss-reactive ketones (excluding diaryl/α,β-unsaturated/α-hetero) is 1. The van der Waals surface area contributed by atoms with Gasteiger partial charge in [-0.15, -0.1) is 0 Å². The van der Waals surface area contributed by atoms with Gasteiger partial charge in [0.25, 0.3) is 0 Å². The number of hydrogen-bond donors (Lipinski definition) is 1. The van der Waals surface area contributed by atoms with Crippen molar-refractivity contribution in [3.63, 3.8) is 0 Å². The number of halogens is 1. The first kappa shape index (κ1) is 16.1. The number of carbonyl (C=O) groups is 2. The fraction of sp³-hybridized carbons (Fsp3) is 0.222. The highest BCUT2D eigenvalue weighted by Crippen LogP contribution is 2.27. The number of fused-ring (bicyclic) bond motifs is 1. The second-order valence-corrected chi connectivity index (χ2v) is 5.63. The molecule has 0 bridgehead atoms. The van der Waals surface area contributed by atoms with Crippen molar-refractivity contribution in [3.8, 4) is 5.75 Å². The summed E-state index contributed by atoms with van der Waals surface area (Å²) in [5.41, 5.74) is 1.23. The van der Waals surface area contributed by atoms with E-state index in [1.165, 1.54) is 17.0 Å². The smallest absolute Gasteiger partial charge is 0.329 e. The Kier molecular flexibility index (Phi) is 4.31. The number of ketones is 1. The normalized spacial score (nSPS) is 17.4. The van der Waals surface area contributed by atoms with Crippen LogP contribution >= 0.6 is 0 Å². The minimum Gasteiger partial charge on any atom is -0.497 e. The topological polar surface area (TPSA) is 66.8 Å². The molecule has 6 heteroatoms. The van der Waals surface area contributed by atoms with E-state index in [2.05, 4.69) is 0 Å². The summed E-state index contributed by atoms with van der Waals surface area (Å²) in [6.07, 6.45) is 0. The fourth-order valence-corrected chi connectivity index (χ4v) is 2.97. The third kappa shape index (κ3) is 2.88. The van der Waals surface area contributed by atoms with Crippen molar-refractivity contribution in [2.75, 3.05) is 7.11 Å². The molecule has 0 saturated heterocycles. The number of ether oxygens (including phenoxy) is 1. The first-order valence-electron chi connectivity index (χ1n) is 7.42. The van der Waals surface area contributed by atoms with E-state index in [1.54, 1.807) is 25.3 Å². The average Bonchev–Trinajstić information content (AvgIpc) is 2.55. The summed E-state index contributed by atoms with van der Waals surface area (Å²) in [6, 6.07) is 10.1. The highest BCUT2D eigenvalue weighted by Gasteiger charge is 2.40. The van der Waals surface area contributed by atoms with Crippen LogP contribution in [0.3, 0.4) is 0 Å². The van der Waals surface area contributed by atoms with Crippen LogP contribution in [-0.4, -0.2) is 34.9 Å². The number of benzene rings is 2. The van der Waals surface area contributed by atoms with Crippen LogP contribution in [0.2, 0.25) is 0 Å². The lowest BCUT2D eigenvalue weighted by atomic mass is 9.91. The molecule has 1 N–H and O–H groups in total. The van der Waals surface area contributed by atoms with Gasteiger partial charge in [0, 0.05) is 13.1 Å². The second-order valence-electron chi connectivity index (χ2n) is 5.63. The summed E-state index contributed by atoms with van der Waals surface area (Å²) < 4.78 is 19.0. The van der Waals surface area contributed by atoms with Gasteiger partial charge in [-0.3, -0.25) is 14.5 Å². The molecule has 1 aliphatic rings. The van der Waals surface area contributed by atoms with Crippen molar-refractivity contribution >= 4 is 11.8 Å². The van der Waals surface area contributed by atoms with Gasteiger partial charge in [0.15, 0.2) is 11.8 Å². The van der Waals surface area contributed by atoms with E-state index >= 15 is 0 Å². The van der Waals surface area contributed by atoms with Gasteiger partial charge in [0.05, 0.1) is 12.7 Å². The number of carboxylic acid groups (broad SMARTS) is 1. The lowest BCUT2D eigenvalue weighted by Crippen LogP contribution is -2.49. The summed E-state index contributed by atoms with van der Waals surface area (Å²) in [6.45, 7) is 0.463. The maximum Gasteiger partial charge on any atom is 0.329 e. The molecule has 0 aromatic heterocycles. The van der Waals surface area contributed by atoms with Crippen molar-refractivity contribution in [1.82, 2.24) is 4.90 Å². The SMILES string of the molecule is COc1ccc(CN2Cc3cccc(F)c3C(=O)C2C(=O)O)cc1. The molecule has 1 unspecified atom stereocenters. The third-order valence-corrected chi connectivity index (χ3v) is 4.11. The Balaban J connectivity index is 1.94. The van der Waals surface area contributed by atoms with Crippen LogP contribution in [-0.2, 0) is 17.9 Å². The molecular formula is C18H16FNO4. The molecule has 0 aliphatic carbocycles. The van der Waals surface area contributed by atoms with Crippen LogP contribution in [0, 0.1) is 5.82 Å². The van der Waals surface area contributed by atoms with Crippen molar-refractivity contribution in [3.05, 3.63) is 65.0 Å². The molecule has 1 aliphatic heterocycles. The summed E-state index contributed by atoms with van der Waals surface area (Å²) in [7, 11) is 1.56. The lowest BCUT2D eigenvalue weighted by molar-refractivity contribution is -0.142. The maximum absolute atomic E-state index is 13.9. The molecule has 124 valence electrons. The number of aliphatic carboxylic acids is 1. The van der Waals surface area contributed by atoms with Crippen molar-refractivity contribution < 1.29 is 23.8 Å². The van der Waals surface area contributed by atoms with E-state index in [1.807, 2.05) is 12.1 Å². The molecule has 0 spiro atoms. The van der Waals surface area contributed by atoms with Gasteiger partial charge in [0.1, 0.15) is 11.6 Å². The van der Waals surface area contributed by atoms with Gasteiger partial charge >= 0.3 is 5.97 Å². The number of carbonyl (C=O) groups excluding carboxylic acids is 1. The molecule has 24 heavy (non-hydrogen) atoms. The van der Waals surface area contributed by atoms with Crippen molar-refractivity contribution in [2.45, 2.75) is 19.1 Å². The molecule has 0 amide bonds. The highest BCUT2D eigenvalue weighted by atomic mass is 19.1. The number of hydrogen-bond acceptors (Lipinski definition) is 4. The van der Waals surface area contributed by atoms with Crippen LogP contribution in [0.4, 0.5) is 4.39 Å². The lowest BCUT2D eigenvalue weighted by Gasteiger charge is -2.33. The Morgan fingerprint density at radius 3 is 2.62 bits per heavy atom. The number of rotatable bonds is 4. The minimum absolute atomic E-state index is 0.115. The van der Waals surface area contributed by atoms with Crippen LogP contribution in [0.25, 0.3) is 0 Å². The van der Waals surface area contributed by atoms with E-state index in [4.69, 9.17) is 4.74 Å².